The highest BCUT2D eigenvalue weighted by molar-refractivity contribution is 6.58. The molecular weight excluding hydrogens is 459 g/mol. The number of hydrogen-bond donors (Lipinski definition) is 2. The average Bonchev–Trinajstić information content (AvgIpc) is 2.97. The maximum absolute atomic E-state index is 9.47. The van der Waals surface area contributed by atoms with E-state index in [0.29, 0.717) is 22.9 Å². The molecule has 0 bridgehead atoms. The highest BCUT2D eigenvalue weighted by atomic mass is 16.4. The van der Waals surface area contributed by atoms with Crippen LogP contribution in [0.3, 0.4) is 0 Å². The Labute approximate surface area is 214 Å². The van der Waals surface area contributed by atoms with E-state index in [0.717, 1.165) is 38.7 Å². The molecule has 2 aromatic heterocycles. The largest absolute Gasteiger partial charge is 0.488 e. The summed E-state index contributed by atoms with van der Waals surface area (Å²) in [5.74, 6) is 1.61. The third kappa shape index (κ3) is 4.61. The molecule has 37 heavy (non-hydrogen) atoms. The molecule has 2 N–H and O–H groups in total. The number of benzene rings is 4. The van der Waals surface area contributed by atoms with E-state index in [1.165, 1.54) is 0 Å². The second kappa shape index (κ2) is 9.74. The molecule has 4 aromatic carbocycles. The van der Waals surface area contributed by atoms with Crippen molar-refractivity contribution < 1.29 is 10.0 Å². The Morgan fingerprint density at radius 1 is 0.514 bits per heavy atom. The van der Waals surface area contributed by atoms with Crippen molar-refractivity contribution in [3.63, 3.8) is 0 Å². The highest BCUT2D eigenvalue weighted by Gasteiger charge is 2.15. The van der Waals surface area contributed by atoms with Crippen LogP contribution in [0.25, 0.3) is 56.2 Å². The fourth-order valence-electron chi connectivity index (χ4n) is 4.32. The van der Waals surface area contributed by atoms with Gasteiger partial charge in [-0.2, -0.15) is 0 Å². The minimum Gasteiger partial charge on any atom is -0.423 e. The number of rotatable bonds is 5. The van der Waals surface area contributed by atoms with E-state index in [4.69, 9.17) is 15.0 Å². The van der Waals surface area contributed by atoms with Crippen molar-refractivity contribution in [1.29, 1.82) is 0 Å². The van der Waals surface area contributed by atoms with Gasteiger partial charge >= 0.3 is 7.12 Å². The summed E-state index contributed by atoms with van der Waals surface area (Å²) in [5.41, 5.74) is 5.88. The molecule has 0 aliphatic rings. The number of fused-ring (bicyclic) bond motifs is 1. The number of para-hydroxylation sites is 1. The van der Waals surface area contributed by atoms with E-state index in [1.807, 2.05) is 54.6 Å². The zero-order valence-corrected chi connectivity index (χ0v) is 19.7. The van der Waals surface area contributed by atoms with Crippen LogP contribution in [0.2, 0.25) is 0 Å². The summed E-state index contributed by atoms with van der Waals surface area (Å²) in [6, 6.07) is 34.9. The normalized spacial score (nSPS) is 11.0. The maximum atomic E-state index is 9.47. The Morgan fingerprint density at radius 2 is 1.11 bits per heavy atom. The molecule has 0 aliphatic heterocycles. The number of hydrogen-bond acceptors (Lipinski definition) is 6. The minimum absolute atomic E-state index is 0.401. The lowest BCUT2D eigenvalue weighted by atomic mass is 9.80. The summed E-state index contributed by atoms with van der Waals surface area (Å²) in [5, 5.41) is 20.0. The first-order valence-corrected chi connectivity index (χ1v) is 11.9. The molecule has 6 rings (SSSR count). The molecule has 0 spiro atoms. The Kier molecular flexibility index (Phi) is 5.98. The predicted octanol–water partition coefficient (Wildman–Crippen LogP) is 4.77. The van der Waals surface area contributed by atoms with Crippen LogP contribution in [-0.2, 0) is 0 Å². The van der Waals surface area contributed by atoms with E-state index in [1.54, 1.807) is 30.5 Å². The Bertz CT molecular complexity index is 1700. The smallest absolute Gasteiger partial charge is 0.423 e. The third-order valence-corrected chi connectivity index (χ3v) is 6.20. The van der Waals surface area contributed by atoms with Gasteiger partial charge in [-0.1, -0.05) is 97.1 Å². The lowest BCUT2D eigenvalue weighted by Crippen LogP contribution is -2.29. The van der Waals surface area contributed by atoms with Crippen LogP contribution >= 0.6 is 0 Å². The topological polar surface area (TPSA) is 92.0 Å². The van der Waals surface area contributed by atoms with Crippen LogP contribution in [0.4, 0.5) is 0 Å². The van der Waals surface area contributed by atoms with E-state index < -0.39 is 7.12 Å². The number of aromatic nitrogens is 4. The van der Waals surface area contributed by atoms with Crippen molar-refractivity contribution in [2.45, 2.75) is 0 Å². The van der Waals surface area contributed by atoms with E-state index in [-0.39, 0.29) is 0 Å². The van der Waals surface area contributed by atoms with Gasteiger partial charge < -0.3 is 10.0 Å². The van der Waals surface area contributed by atoms with Crippen LogP contribution in [-0.4, -0.2) is 37.1 Å². The molecule has 2 heterocycles. The first-order valence-electron chi connectivity index (χ1n) is 11.9. The predicted molar refractivity (Wildman–Crippen MR) is 147 cm³/mol. The molecule has 0 radical (unpaired) electrons. The zero-order chi connectivity index (χ0) is 25.2. The molecule has 6 aromatic rings. The highest BCUT2D eigenvalue weighted by Crippen LogP contribution is 2.31. The Hall–Kier alpha value is -4.72. The van der Waals surface area contributed by atoms with Crippen molar-refractivity contribution in [3.8, 4) is 45.3 Å². The van der Waals surface area contributed by atoms with Crippen molar-refractivity contribution in [3.05, 3.63) is 115 Å². The molecule has 0 fully saturated rings. The summed E-state index contributed by atoms with van der Waals surface area (Å²) in [4.78, 5) is 19.0. The summed E-state index contributed by atoms with van der Waals surface area (Å²) in [6.45, 7) is 0. The first kappa shape index (κ1) is 22.7. The van der Waals surface area contributed by atoms with Crippen LogP contribution in [0.1, 0.15) is 0 Å². The van der Waals surface area contributed by atoms with Gasteiger partial charge in [0.1, 0.15) is 0 Å². The molecular formula is C30H21BN4O2. The van der Waals surface area contributed by atoms with Gasteiger partial charge in [-0.25, -0.2) is 15.0 Å². The lowest BCUT2D eigenvalue weighted by Gasteiger charge is -2.11. The Morgan fingerprint density at radius 3 is 1.84 bits per heavy atom. The number of pyridine rings is 1. The van der Waals surface area contributed by atoms with Crippen molar-refractivity contribution in [2.75, 3.05) is 0 Å². The van der Waals surface area contributed by atoms with Gasteiger partial charge in [-0.15, -0.1) is 0 Å². The van der Waals surface area contributed by atoms with Gasteiger partial charge in [0.25, 0.3) is 0 Å². The van der Waals surface area contributed by atoms with Gasteiger partial charge in [0.15, 0.2) is 17.5 Å². The molecule has 7 heteroatoms. The van der Waals surface area contributed by atoms with Crippen LogP contribution in [0, 0.1) is 0 Å². The Balaban J connectivity index is 1.49. The van der Waals surface area contributed by atoms with Gasteiger partial charge in [0.2, 0.25) is 0 Å². The van der Waals surface area contributed by atoms with Crippen LogP contribution < -0.4 is 5.46 Å². The van der Waals surface area contributed by atoms with Crippen LogP contribution in [0.15, 0.2) is 115 Å². The van der Waals surface area contributed by atoms with Gasteiger partial charge in [0, 0.05) is 33.8 Å². The molecule has 0 saturated heterocycles. The SMILES string of the molecule is OB(O)c1ccc(-c2nc(-c3ccccc3)nc(-c3cccc(-c4cccc5cccnc45)c3)n2)cc1. The standard InChI is InChI=1S/C30H21BN4O2/c36-31(37)25-16-14-22(15-17-25)29-33-28(21-7-2-1-3-8-21)34-30(35-29)24-11-4-10-23(19-24)26-13-5-9-20-12-6-18-32-27(20)26/h1-19,36-37H. The fraction of sp³-hybridized carbons (Fsp3) is 0. The molecule has 0 saturated carbocycles. The van der Waals surface area contributed by atoms with Gasteiger partial charge in [-0.3, -0.25) is 4.98 Å². The molecule has 0 amide bonds. The van der Waals surface area contributed by atoms with Crippen molar-refractivity contribution in [1.82, 2.24) is 19.9 Å². The van der Waals surface area contributed by atoms with Crippen molar-refractivity contribution >= 4 is 23.5 Å². The minimum atomic E-state index is -1.53. The lowest BCUT2D eigenvalue weighted by molar-refractivity contribution is 0.426. The van der Waals surface area contributed by atoms with Crippen molar-refractivity contribution in [2.24, 2.45) is 0 Å². The van der Waals surface area contributed by atoms with Gasteiger partial charge in [0.05, 0.1) is 5.52 Å². The zero-order valence-electron chi connectivity index (χ0n) is 19.7. The second-order valence-electron chi connectivity index (χ2n) is 8.63. The van der Waals surface area contributed by atoms with Gasteiger partial charge in [-0.05, 0) is 23.2 Å². The summed E-state index contributed by atoms with van der Waals surface area (Å²) in [7, 11) is -1.53. The monoisotopic (exact) mass is 480 g/mol. The molecule has 0 atom stereocenters. The fourth-order valence-corrected chi connectivity index (χ4v) is 4.32. The van der Waals surface area contributed by atoms with E-state index in [2.05, 4.69) is 35.3 Å². The average molecular weight is 480 g/mol. The molecule has 6 nitrogen and oxygen atoms in total. The maximum Gasteiger partial charge on any atom is 0.488 e. The molecule has 0 unspecified atom stereocenters. The summed E-state index contributed by atoms with van der Waals surface area (Å²) < 4.78 is 0. The van der Waals surface area contributed by atoms with E-state index in [9.17, 15) is 10.0 Å². The summed E-state index contributed by atoms with van der Waals surface area (Å²) in [6.07, 6.45) is 1.81. The number of nitrogens with zero attached hydrogens (tertiary/aromatic N) is 4. The van der Waals surface area contributed by atoms with Crippen LogP contribution in [0.5, 0.6) is 0 Å². The quantitative estimate of drug-likeness (QED) is 0.346. The first-order chi connectivity index (χ1) is 18.2. The molecule has 176 valence electrons. The molecule has 0 aliphatic carbocycles. The summed E-state index contributed by atoms with van der Waals surface area (Å²) >= 11 is 0. The second-order valence-corrected chi connectivity index (χ2v) is 8.63. The third-order valence-electron chi connectivity index (χ3n) is 6.20. The van der Waals surface area contributed by atoms with E-state index >= 15 is 0 Å².